The van der Waals surface area contributed by atoms with Crippen molar-refractivity contribution in [2.24, 2.45) is 5.92 Å². The van der Waals surface area contributed by atoms with Crippen LogP contribution in [-0.2, 0) is 0 Å². The molecule has 1 aliphatic rings. The zero-order valence-electron chi connectivity index (χ0n) is 8.56. The summed E-state index contributed by atoms with van der Waals surface area (Å²) >= 11 is 3.65. The highest BCUT2D eigenvalue weighted by Gasteiger charge is 2.29. The van der Waals surface area contributed by atoms with Crippen LogP contribution >= 0.6 is 27.7 Å². The van der Waals surface area contributed by atoms with Crippen LogP contribution in [0.5, 0.6) is 0 Å². The first-order valence-corrected chi connectivity index (χ1v) is 6.86. The van der Waals surface area contributed by atoms with E-state index in [1.54, 1.807) is 0 Å². The molecule has 0 saturated carbocycles. The minimum atomic E-state index is -4.08. The van der Waals surface area contributed by atoms with Crippen LogP contribution in [0.2, 0.25) is 0 Å². The van der Waals surface area contributed by atoms with Gasteiger partial charge in [0.05, 0.1) is 0 Å². The fourth-order valence-electron chi connectivity index (χ4n) is 1.70. The van der Waals surface area contributed by atoms with Gasteiger partial charge in [-0.2, -0.15) is 13.2 Å². The van der Waals surface area contributed by atoms with Gasteiger partial charge < -0.3 is 4.90 Å². The molecule has 0 aromatic rings. The summed E-state index contributed by atoms with van der Waals surface area (Å²) in [6.07, 6.45) is 1.03. The lowest BCUT2D eigenvalue weighted by Gasteiger charge is -2.34. The Hall–Kier alpha value is 0.580. The van der Waals surface area contributed by atoms with Crippen molar-refractivity contribution in [2.75, 3.05) is 25.4 Å². The maximum atomic E-state index is 11.9. The first-order valence-electron chi connectivity index (χ1n) is 4.95. The normalized spacial score (nSPS) is 29.4. The number of alkyl halides is 4. The third kappa shape index (κ3) is 5.45. The van der Waals surface area contributed by atoms with Gasteiger partial charge in [0.2, 0.25) is 0 Å². The van der Waals surface area contributed by atoms with Gasteiger partial charge in [0.25, 0.3) is 0 Å². The standard InChI is InChI=1S/C9H15BrF3NS/c1-7-6-14(3-2-8(7)10)4-5-15-9(11,12)13/h7-8H,2-6H2,1H3. The lowest BCUT2D eigenvalue weighted by molar-refractivity contribution is -0.0329. The topological polar surface area (TPSA) is 3.24 Å². The number of rotatable bonds is 3. The zero-order valence-corrected chi connectivity index (χ0v) is 11.0. The van der Waals surface area contributed by atoms with E-state index in [1.165, 1.54) is 0 Å². The molecule has 1 nitrogen and oxygen atoms in total. The molecule has 0 amide bonds. The van der Waals surface area contributed by atoms with E-state index in [0.29, 0.717) is 17.3 Å². The Morgan fingerprint density at radius 2 is 2.13 bits per heavy atom. The molecule has 90 valence electrons. The average molecular weight is 306 g/mol. The molecule has 0 aliphatic carbocycles. The van der Waals surface area contributed by atoms with Crippen molar-refractivity contribution in [3.05, 3.63) is 0 Å². The fourth-order valence-corrected chi connectivity index (χ4v) is 2.65. The van der Waals surface area contributed by atoms with Crippen LogP contribution in [0, 0.1) is 5.92 Å². The highest BCUT2D eigenvalue weighted by atomic mass is 79.9. The second-order valence-electron chi connectivity index (χ2n) is 3.88. The molecule has 1 aliphatic heterocycles. The Morgan fingerprint density at radius 3 is 2.67 bits per heavy atom. The molecule has 2 atom stereocenters. The molecular formula is C9H15BrF3NS. The Bertz CT molecular complexity index is 200. The smallest absolute Gasteiger partial charge is 0.302 e. The highest BCUT2D eigenvalue weighted by Crippen LogP contribution is 2.30. The van der Waals surface area contributed by atoms with Crippen molar-refractivity contribution < 1.29 is 13.2 Å². The van der Waals surface area contributed by atoms with Crippen molar-refractivity contribution in [1.29, 1.82) is 0 Å². The molecule has 1 fully saturated rings. The molecule has 2 unspecified atom stereocenters. The first-order chi connectivity index (χ1) is 6.88. The van der Waals surface area contributed by atoms with E-state index in [2.05, 4.69) is 27.8 Å². The molecule has 1 heterocycles. The maximum absolute atomic E-state index is 11.9. The fraction of sp³-hybridized carbons (Fsp3) is 1.00. The lowest BCUT2D eigenvalue weighted by atomic mass is 10.0. The summed E-state index contributed by atoms with van der Waals surface area (Å²) < 4.78 is 35.7. The minimum Gasteiger partial charge on any atom is -0.302 e. The summed E-state index contributed by atoms with van der Waals surface area (Å²) in [5.41, 5.74) is -4.08. The number of thioether (sulfide) groups is 1. The summed E-state index contributed by atoms with van der Waals surface area (Å²) in [6.45, 7) is 4.46. The molecule has 0 N–H and O–H groups in total. The van der Waals surface area contributed by atoms with Crippen LogP contribution in [0.3, 0.4) is 0 Å². The number of likely N-dealkylation sites (tertiary alicyclic amines) is 1. The summed E-state index contributed by atoms with van der Waals surface area (Å²) in [4.78, 5) is 2.63. The zero-order chi connectivity index (χ0) is 11.5. The van der Waals surface area contributed by atoms with E-state index < -0.39 is 5.51 Å². The molecule has 6 heteroatoms. The van der Waals surface area contributed by atoms with Crippen molar-refractivity contribution in [3.8, 4) is 0 Å². The molecular weight excluding hydrogens is 291 g/mol. The van der Waals surface area contributed by atoms with Crippen LogP contribution in [0.15, 0.2) is 0 Å². The quantitative estimate of drug-likeness (QED) is 0.736. The molecule has 0 aromatic heterocycles. The summed E-state index contributed by atoms with van der Waals surface area (Å²) in [5.74, 6) is 0.665. The molecule has 0 radical (unpaired) electrons. The van der Waals surface area contributed by atoms with E-state index in [-0.39, 0.29) is 17.5 Å². The van der Waals surface area contributed by atoms with E-state index in [1.807, 2.05) is 0 Å². The van der Waals surface area contributed by atoms with Gasteiger partial charge >= 0.3 is 5.51 Å². The SMILES string of the molecule is CC1CN(CCSC(F)(F)F)CCC1Br. The predicted octanol–water partition coefficient (Wildman–Crippen LogP) is 3.34. The number of halogens is 4. The van der Waals surface area contributed by atoms with Crippen LogP contribution in [0.1, 0.15) is 13.3 Å². The Kier molecular flexibility index (Phi) is 5.25. The number of hydrogen-bond donors (Lipinski definition) is 0. The van der Waals surface area contributed by atoms with Crippen LogP contribution < -0.4 is 0 Å². The second kappa shape index (κ2) is 5.77. The van der Waals surface area contributed by atoms with Crippen molar-refractivity contribution in [2.45, 2.75) is 23.7 Å². The Balaban J connectivity index is 2.17. The summed E-state index contributed by atoms with van der Waals surface area (Å²) in [5, 5.41) is 0. The number of nitrogens with zero attached hydrogens (tertiary/aromatic N) is 1. The van der Waals surface area contributed by atoms with Gasteiger partial charge in [0.15, 0.2) is 0 Å². The van der Waals surface area contributed by atoms with Gasteiger partial charge in [0, 0.05) is 23.7 Å². The third-order valence-corrected chi connectivity index (χ3v) is 4.63. The molecule has 15 heavy (non-hydrogen) atoms. The number of hydrogen-bond acceptors (Lipinski definition) is 2. The molecule has 0 spiro atoms. The molecule has 0 bridgehead atoms. The lowest BCUT2D eigenvalue weighted by Crippen LogP contribution is -2.40. The van der Waals surface area contributed by atoms with Crippen LogP contribution in [-0.4, -0.2) is 40.6 Å². The summed E-state index contributed by atoms with van der Waals surface area (Å²) in [6, 6.07) is 0. The van der Waals surface area contributed by atoms with Crippen LogP contribution in [0.4, 0.5) is 13.2 Å². The maximum Gasteiger partial charge on any atom is 0.441 e. The van der Waals surface area contributed by atoms with Gasteiger partial charge in [0.1, 0.15) is 0 Å². The van der Waals surface area contributed by atoms with Gasteiger partial charge in [-0.25, -0.2) is 0 Å². The van der Waals surface area contributed by atoms with Gasteiger partial charge in [-0.05, 0) is 30.6 Å². The largest absolute Gasteiger partial charge is 0.441 e. The molecule has 0 aromatic carbocycles. The van der Waals surface area contributed by atoms with Crippen molar-refractivity contribution in [3.63, 3.8) is 0 Å². The average Bonchev–Trinajstić information content (AvgIpc) is 2.09. The monoisotopic (exact) mass is 305 g/mol. The third-order valence-electron chi connectivity index (χ3n) is 2.56. The second-order valence-corrected chi connectivity index (χ2v) is 6.21. The summed E-state index contributed by atoms with van der Waals surface area (Å²) in [7, 11) is 0. The molecule has 1 rings (SSSR count). The van der Waals surface area contributed by atoms with E-state index in [0.717, 1.165) is 19.5 Å². The van der Waals surface area contributed by atoms with E-state index >= 15 is 0 Å². The highest BCUT2D eigenvalue weighted by molar-refractivity contribution is 9.09. The Labute approximate surface area is 101 Å². The van der Waals surface area contributed by atoms with Crippen molar-refractivity contribution >= 4 is 27.7 Å². The first kappa shape index (κ1) is 13.6. The van der Waals surface area contributed by atoms with E-state index in [9.17, 15) is 13.2 Å². The van der Waals surface area contributed by atoms with Crippen LogP contribution in [0.25, 0.3) is 0 Å². The van der Waals surface area contributed by atoms with Crippen molar-refractivity contribution in [1.82, 2.24) is 4.90 Å². The Morgan fingerprint density at radius 1 is 1.47 bits per heavy atom. The van der Waals surface area contributed by atoms with Gasteiger partial charge in [-0.3, -0.25) is 0 Å². The predicted molar refractivity (Wildman–Crippen MR) is 61.4 cm³/mol. The number of piperidine rings is 1. The van der Waals surface area contributed by atoms with Gasteiger partial charge in [-0.15, -0.1) is 0 Å². The van der Waals surface area contributed by atoms with Gasteiger partial charge in [-0.1, -0.05) is 22.9 Å². The molecule has 1 saturated heterocycles. The van der Waals surface area contributed by atoms with E-state index in [4.69, 9.17) is 0 Å². The minimum absolute atomic E-state index is 0.0759.